The summed E-state index contributed by atoms with van der Waals surface area (Å²) >= 11 is 3.86. The number of aromatic nitrogens is 2. The van der Waals surface area contributed by atoms with Crippen LogP contribution < -0.4 is 11.1 Å². The summed E-state index contributed by atoms with van der Waals surface area (Å²) in [5.74, 6) is 0. The molecule has 1 aromatic carbocycles. The van der Waals surface area contributed by atoms with E-state index in [2.05, 4.69) is 32.8 Å². The third-order valence-electron chi connectivity index (χ3n) is 4.65. The summed E-state index contributed by atoms with van der Waals surface area (Å²) in [6, 6.07) is 5.85. The van der Waals surface area contributed by atoms with E-state index in [1.54, 1.807) is 0 Å². The quantitative estimate of drug-likeness (QED) is 0.641. The number of nitrogens with one attached hydrogen (secondary N) is 2. The van der Waals surface area contributed by atoms with E-state index in [4.69, 9.17) is 0 Å². The van der Waals surface area contributed by atoms with Gasteiger partial charge >= 0.3 is 11.1 Å². The number of fused-ring (bicyclic) bond motifs is 1. The molecule has 1 atom stereocenters. The lowest BCUT2D eigenvalue weighted by Gasteiger charge is -2.38. The fourth-order valence-corrected chi connectivity index (χ4v) is 4.05. The van der Waals surface area contributed by atoms with Gasteiger partial charge in [0.1, 0.15) is 0 Å². The molecule has 1 saturated carbocycles. The van der Waals surface area contributed by atoms with E-state index in [-0.39, 0.29) is 10.2 Å². The zero-order valence-electron chi connectivity index (χ0n) is 12.0. The molecule has 0 bridgehead atoms. The normalized spacial score (nSPS) is 19.5. The predicted molar refractivity (Wildman–Crippen MR) is 88.0 cm³/mol. The molecule has 0 radical (unpaired) electrons. The van der Waals surface area contributed by atoms with Crippen LogP contribution in [-0.4, -0.2) is 9.97 Å². The van der Waals surface area contributed by atoms with Crippen LogP contribution in [0, 0.1) is 5.41 Å². The molecular formula is C16H19BrN2O2. The Labute approximate surface area is 131 Å². The number of H-pyrrole nitrogens is 2. The number of rotatable bonds is 2. The zero-order valence-corrected chi connectivity index (χ0v) is 13.6. The Kier molecular flexibility index (Phi) is 3.78. The first-order valence-corrected chi connectivity index (χ1v) is 8.31. The van der Waals surface area contributed by atoms with Gasteiger partial charge in [-0.2, -0.15) is 0 Å². The highest BCUT2D eigenvalue weighted by Crippen LogP contribution is 2.50. The molecule has 0 aliphatic heterocycles. The summed E-state index contributed by atoms with van der Waals surface area (Å²) in [5.41, 5.74) is 1.53. The van der Waals surface area contributed by atoms with Crippen molar-refractivity contribution in [1.29, 1.82) is 0 Å². The van der Waals surface area contributed by atoms with Gasteiger partial charge in [-0.25, -0.2) is 0 Å². The molecule has 21 heavy (non-hydrogen) atoms. The fraction of sp³-hybridized carbons (Fsp3) is 0.500. The third kappa shape index (κ3) is 2.71. The molecule has 1 heterocycles. The molecule has 1 unspecified atom stereocenters. The van der Waals surface area contributed by atoms with Gasteiger partial charge in [-0.1, -0.05) is 48.2 Å². The van der Waals surface area contributed by atoms with Crippen molar-refractivity contribution in [3.63, 3.8) is 0 Å². The maximum Gasteiger partial charge on any atom is 0.314 e. The van der Waals surface area contributed by atoms with E-state index in [1.807, 2.05) is 18.2 Å². The zero-order chi connectivity index (χ0) is 15.0. The van der Waals surface area contributed by atoms with Crippen LogP contribution in [0.1, 0.15) is 49.4 Å². The van der Waals surface area contributed by atoms with E-state index in [0.717, 1.165) is 5.56 Å². The van der Waals surface area contributed by atoms with Gasteiger partial charge in [0.25, 0.3) is 0 Å². The molecule has 1 fully saturated rings. The number of halogens is 1. The lowest BCUT2D eigenvalue weighted by atomic mass is 9.72. The average molecular weight is 351 g/mol. The van der Waals surface area contributed by atoms with E-state index < -0.39 is 11.1 Å². The predicted octanol–water partition coefficient (Wildman–Crippen LogP) is 3.62. The topological polar surface area (TPSA) is 65.7 Å². The number of hydrogen-bond donors (Lipinski definition) is 2. The van der Waals surface area contributed by atoms with Gasteiger partial charge < -0.3 is 9.97 Å². The Balaban J connectivity index is 2.02. The third-order valence-corrected chi connectivity index (χ3v) is 6.28. The van der Waals surface area contributed by atoms with Crippen LogP contribution in [0.5, 0.6) is 0 Å². The van der Waals surface area contributed by atoms with Crippen molar-refractivity contribution in [3.05, 3.63) is 44.5 Å². The van der Waals surface area contributed by atoms with Crippen molar-refractivity contribution in [2.45, 2.75) is 43.9 Å². The molecule has 1 aliphatic carbocycles. The largest absolute Gasteiger partial charge is 0.316 e. The minimum absolute atomic E-state index is 0.244. The molecular weight excluding hydrogens is 332 g/mol. The van der Waals surface area contributed by atoms with Crippen molar-refractivity contribution >= 4 is 27.0 Å². The second kappa shape index (κ2) is 5.44. The Hall–Kier alpha value is -1.36. The van der Waals surface area contributed by atoms with Gasteiger partial charge in [0, 0.05) is 4.83 Å². The molecule has 4 nitrogen and oxygen atoms in total. The summed E-state index contributed by atoms with van der Waals surface area (Å²) in [6.07, 6.45) is 6.29. The Morgan fingerprint density at radius 2 is 1.67 bits per heavy atom. The van der Waals surface area contributed by atoms with Crippen molar-refractivity contribution in [2.75, 3.05) is 0 Å². The lowest BCUT2D eigenvalue weighted by molar-refractivity contribution is 0.213. The summed E-state index contributed by atoms with van der Waals surface area (Å²) in [4.78, 5) is 28.3. The van der Waals surface area contributed by atoms with Crippen molar-refractivity contribution in [3.8, 4) is 0 Å². The first kappa shape index (κ1) is 14.6. The van der Waals surface area contributed by atoms with Gasteiger partial charge in [0.15, 0.2) is 0 Å². The van der Waals surface area contributed by atoms with Crippen LogP contribution in [0.4, 0.5) is 0 Å². The maximum absolute atomic E-state index is 11.5. The highest BCUT2D eigenvalue weighted by Gasteiger charge is 2.34. The average Bonchev–Trinajstić information content (AvgIpc) is 2.48. The number of alkyl halides is 1. The molecule has 2 N–H and O–H groups in total. The van der Waals surface area contributed by atoms with Crippen LogP contribution in [-0.2, 0) is 0 Å². The molecule has 2 aromatic rings. The lowest BCUT2D eigenvalue weighted by Crippen LogP contribution is -2.29. The summed E-state index contributed by atoms with van der Waals surface area (Å²) in [6.45, 7) is 2.32. The molecule has 0 amide bonds. The van der Waals surface area contributed by atoms with Crippen molar-refractivity contribution in [1.82, 2.24) is 9.97 Å². The molecule has 5 heteroatoms. The monoisotopic (exact) mass is 350 g/mol. The van der Waals surface area contributed by atoms with Crippen LogP contribution in [0.25, 0.3) is 11.0 Å². The summed E-state index contributed by atoms with van der Waals surface area (Å²) < 4.78 is 0. The highest BCUT2D eigenvalue weighted by atomic mass is 79.9. The molecule has 112 valence electrons. The smallest absolute Gasteiger partial charge is 0.314 e. The maximum atomic E-state index is 11.5. The first-order valence-electron chi connectivity index (χ1n) is 7.40. The Morgan fingerprint density at radius 3 is 2.33 bits per heavy atom. The van der Waals surface area contributed by atoms with E-state index in [9.17, 15) is 9.59 Å². The molecule has 3 rings (SSSR count). The van der Waals surface area contributed by atoms with Crippen molar-refractivity contribution in [2.24, 2.45) is 5.41 Å². The molecule has 0 spiro atoms. The second-order valence-electron chi connectivity index (χ2n) is 6.29. The molecule has 1 aromatic heterocycles. The number of benzene rings is 1. The van der Waals surface area contributed by atoms with Gasteiger partial charge in [-0.15, -0.1) is 0 Å². The Morgan fingerprint density at radius 1 is 1.05 bits per heavy atom. The number of aromatic amines is 2. The highest BCUT2D eigenvalue weighted by molar-refractivity contribution is 9.09. The minimum atomic E-state index is -0.607. The van der Waals surface area contributed by atoms with Crippen molar-refractivity contribution < 1.29 is 0 Å². The fourth-order valence-electron chi connectivity index (χ4n) is 3.31. The number of hydrogen-bond acceptors (Lipinski definition) is 2. The van der Waals surface area contributed by atoms with Gasteiger partial charge in [0.2, 0.25) is 0 Å². The summed E-state index contributed by atoms with van der Waals surface area (Å²) in [7, 11) is 0. The van der Waals surface area contributed by atoms with E-state index in [0.29, 0.717) is 11.0 Å². The van der Waals surface area contributed by atoms with Gasteiger partial charge in [-0.3, -0.25) is 9.59 Å². The van der Waals surface area contributed by atoms with Gasteiger partial charge in [-0.05, 0) is 36.0 Å². The van der Waals surface area contributed by atoms with E-state index >= 15 is 0 Å². The first-order chi connectivity index (χ1) is 9.99. The van der Waals surface area contributed by atoms with Crippen LogP contribution in [0.15, 0.2) is 27.8 Å². The minimum Gasteiger partial charge on any atom is -0.316 e. The molecule has 1 aliphatic rings. The second-order valence-corrected chi connectivity index (χ2v) is 7.21. The standard InChI is InChI=1S/C16H19BrN2O2/c1-16(7-3-2-4-8-16)13(17)10-5-6-11-12(9-10)19-15(21)14(20)18-11/h5-6,9,13H,2-4,7-8H2,1H3,(H,18,20)(H,19,21). The van der Waals surface area contributed by atoms with E-state index in [1.165, 1.54) is 32.1 Å². The SMILES string of the molecule is CC1(C(Br)c2ccc3[nH]c(=O)c(=O)[nH]c3c2)CCCCC1. The van der Waals surface area contributed by atoms with Crippen LogP contribution in [0.2, 0.25) is 0 Å². The van der Waals surface area contributed by atoms with Gasteiger partial charge in [0.05, 0.1) is 11.0 Å². The van der Waals surface area contributed by atoms with Crippen LogP contribution in [0.3, 0.4) is 0 Å². The Bertz CT molecular complexity index is 772. The van der Waals surface area contributed by atoms with Crippen LogP contribution >= 0.6 is 15.9 Å². The summed E-state index contributed by atoms with van der Waals surface area (Å²) in [5, 5.41) is 0. The molecule has 0 saturated heterocycles.